The van der Waals surface area contributed by atoms with Crippen molar-refractivity contribution in [2.45, 2.75) is 39.2 Å². The van der Waals surface area contributed by atoms with Crippen LogP contribution in [0.2, 0.25) is 0 Å². The Morgan fingerprint density at radius 3 is 2.91 bits per heavy atom. The molecule has 116 valence electrons. The lowest BCUT2D eigenvalue weighted by Gasteiger charge is -2.33. The molecule has 1 unspecified atom stereocenters. The van der Waals surface area contributed by atoms with Gasteiger partial charge in [-0.2, -0.15) is 0 Å². The maximum Gasteiger partial charge on any atom is 0.274 e. The summed E-state index contributed by atoms with van der Waals surface area (Å²) in [5.74, 6) is 1.05. The molecule has 22 heavy (non-hydrogen) atoms. The number of piperidine rings is 1. The largest absolute Gasteiger partial charge is 0.335 e. The minimum atomic E-state index is -0.0321. The minimum Gasteiger partial charge on any atom is -0.335 e. The lowest BCUT2D eigenvalue weighted by Crippen LogP contribution is -2.41. The van der Waals surface area contributed by atoms with Crippen molar-refractivity contribution >= 4 is 5.91 Å². The van der Waals surface area contributed by atoms with Gasteiger partial charge in [-0.25, -0.2) is 9.97 Å². The van der Waals surface area contributed by atoms with E-state index in [1.165, 1.54) is 0 Å². The molecule has 1 atom stereocenters. The van der Waals surface area contributed by atoms with Crippen LogP contribution >= 0.6 is 0 Å². The summed E-state index contributed by atoms with van der Waals surface area (Å²) in [5.41, 5.74) is 1.24. The normalized spacial score (nSPS) is 18.5. The number of carbonyl (C=O) groups excluding carboxylic acids is 1. The molecule has 6 nitrogen and oxygen atoms in total. The topological polar surface area (TPSA) is 63.9 Å². The summed E-state index contributed by atoms with van der Waals surface area (Å²) in [6, 6.07) is 0.300. The number of amides is 1. The minimum absolute atomic E-state index is 0.0321. The molecule has 1 aliphatic rings. The summed E-state index contributed by atoms with van der Waals surface area (Å²) in [6.07, 6.45) is 10.0. The van der Waals surface area contributed by atoms with Gasteiger partial charge in [-0.1, -0.05) is 6.92 Å². The highest BCUT2D eigenvalue weighted by Gasteiger charge is 2.27. The van der Waals surface area contributed by atoms with Gasteiger partial charge in [0.15, 0.2) is 0 Å². The van der Waals surface area contributed by atoms with Gasteiger partial charge in [-0.15, -0.1) is 0 Å². The van der Waals surface area contributed by atoms with Crippen molar-refractivity contribution in [1.29, 1.82) is 0 Å². The molecule has 3 heterocycles. The molecule has 0 aliphatic carbocycles. The van der Waals surface area contributed by atoms with Crippen LogP contribution in [0.5, 0.6) is 0 Å². The van der Waals surface area contributed by atoms with Gasteiger partial charge in [0.05, 0.1) is 17.9 Å². The molecule has 6 heteroatoms. The highest BCUT2D eigenvalue weighted by molar-refractivity contribution is 5.92. The molecule has 3 rings (SSSR count). The number of aryl methyl sites for hydroxylation is 2. The molecule has 0 aromatic carbocycles. The van der Waals surface area contributed by atoms with Crippen LogP contribution < -0.4 is 0 Å². The molecule has 0 bridgehead atoms. The Morgan fingerprint density at radius 2 is 2.18 bits per heavy atom. The predicted octanol–water partition coefficient (Wildman–Crippen LogP) is 2.02. The zero-order valence-electron chi connectivity index (χ0n) is 13.1. The van der Waals surface area contributed by atoms with E-state index in [1.807, 2.05) is 24.2 Å². The predicted molar refractivity (Wildman–Crippen MR) is 82.5 cm³/mol. The van der Waals surface area contributed by atoms with Gasteiger partial charge < -0.3 is 9.47 Å². The average molecular weight is 299 g/mol. The molecule has 1 amide bonds. The first-order valence-electron chi connectivity index (χ1n) is 7.78. The van der Waals surface area contributed by atoms with Crippen molar-refractivity contribution in [1.82, 2.24) is 24.4 Å². The first-order valence-corrected chi connectivity index (χ1v) is 7.78. The van der Waals surface area contributed by atoms with E-state index < -0.39 is 0 Å². The van der Waals surface area contributed by atoms with Crippen LogP contribution in [0, 0.1) is 6.92 Å². The number of carbonyl (C=O) groups is 1. The number of imidazole rings is 1. The van der Waals surface area contributed by atoms with Gasteiger partial charge in [-0.3, -0.25) is 9.78 Å². The highest BCUT2D eigenvalue weighted by atomic mass is 16.2. The lowest BCUT2D eigenvalue weighted by molar-refractivity contribution is 0.0671. The van der Waals surface area contributed by atoms with Crippen LogP contribution in [0.15, 0.2) is 24.8 Å². The van der Waals surface area contributed by atoms with Crippen LogP contribution in [0.25, 0.3) is 0 Å². The van der Waals surface area contributed by atoms with Crippen LogP contribution in [0.4, 0.5) is 0 Å². The number of likely N-dealkylation sites (tertiary alicyclic amines) is 1. The van der Waals surface area contributed by atoms with Crippen molar-refractivity contribution in [3.63, 3.8) is 0 Å². The molecule has 0 radical (unpaired) electrons. The first kappa shape index (κ1) is 14.7. The lowest BCUT2D eigenvalue weighted by atomic mass is 10.0. The average Bonchev–Trinajstić information content (AvgIpc) is 3.04. The summed E-state index contributed by atoms with van der Waals surface area (Å²) in [6.45, 7) is 5.45. The molecular formula is C16H21N5O. The fraction of sp³-hybridized carbons (Fsp3) is 0.500. The van der Waals surface area contributed by atoms with E-state index in [0.29, 0.717) is 18.3 Å². The second-order valence-corrected chi connectivity index (χ2v) is 5.69. The van der Waals surface area contributed by atoms with Crippen LogP contribution in [-0.2, 0) is 6.42 Å². The fourth-order valence-corrected chi connectivity index (χ4v) is 2.98. The number of hydrogen-bond acceptors (Lipinski definition) is 4. The van der Waals surface area contributed by atoms with E-state index in [1.54, 1.807) is 12.4 Å². The van der Waals surface area contributed by atoms with Gasteiger partial charge in [0.25, 0.3) is 5.91 Å². The molecule has 2 aromatic heterocycles. The summed E-state index contributed by atoms with van der Waals surface area (Å²) in [7, 11) is 0. The van der Waals surface area contributed by atoms with E-state index in [0.717, 1.165) is 37.3 Å². The summed E-state index contributed by atoms with van der Waals surface area (Å²) in [4.78, 5) is 27.2. The first-order chi connectivity index (χ1) is 10.7. The van der Waals surface area contributed by atoms with Crippen LogP contribution in [0.1, 0.15) is 47.8 Å². The molecule has 1 saturated heterocycles. The van der Waals surface area contributed by atoms with E-state index in [9.17, 15) is 4.79 Å². The van der Waals surface area contributed by atoms with E-state index in [-0.39, 0.29) is 5.91 Å². The van der Waals surface area contributed by atoms with Crippen molar-refractivity contribution in [3.8, 4) is 0 Å². The van der Waals surface area contributed by atoms with Gasteiger partial charge >= 0.3 is 0 Å². The fourth-order valence-electron chi connectivity index (χ4n) is 2.98. The summed E-state index contributed by atoms with van der Waals surface area (Å²) < 4.78 is 2.21. The molecule has 0 N–H and O–H groups in total. The van der Waals surface area contributed by atoms with E-state index >= 15 is 0 Å². The molecule has 2 aromatic rings. The van der Waals surface area contributed by atoms with Crippen LogP contribution in [0.3, 0.4) is 0 Å². The third kappa shape index (κ3) is 2.86. The van der Waals surface area contributed by atoms with Crippen molar-refractivity contribution in [2.75, 3.05) is 13.1 Å². The third-order valence-corrected chi connectivity index (χ3v) is 4.14. The number of aromatic nitrogens is 4. The summed E-state index contributed by atoms with van der Waals surface area (Å²) >= 11 is 0. The zero-order valence-corrected chi connectivity index (χ0v) is 13.1. The summed E-state index contributed by atoms with van der Waals surface area (Å²) in [5, 5.41) is 0. The van der Waals surface area contributed by atoms with Crippen molar-refractivity contribution < 1.29 is 4.79 Å². The Bertz CT molecular complexity index is 649. The SMILES string of the molecule is CCc1nccn1C1CCCN(C(=O)c2cnc(C)cn2)C1. The van der Waals surface area contributed by atoms with Crippen molar-refractivity contribution in [2.24, 2.45) is 0 Å². The van der Waals surface area contributed by atoms with Gasteiger partial charge in [-0.05, 0) is 19.8 Å². The van der Waals surface area contributed by atoms with E-state index in [4.69, 9.17) is 0 Å². The molecule has 0 spiro atoms. The number of nitrogens with zero attached hydrogens (tertiary/aromatic N) is 5. The maximum atomic E-state index is 12.6. The van der Waals surface area contributed by atoms with Crippen LogP contribution in [-0.4, -0.2) is 43.4 Å². The maximum absolute atomic E-state index is 12.6. The Labute approximate surface area is 130 Å². The Balaban J connectivity index is 1.75. The van der Waals surface area contributed by atoms with Crippen molar-refractivity contribution in [3.05, 3.63) is 42.0 Å². The number of hydrogen-bond donors (Lipinski definition) is 0. The van der Waals surface area contributed by atoms with Gasteiger partial charge in [0, 0.05) is 38.1 Å². The zero-order chi connectivity index (χ0) is 15.5. The molecular weight excluding hydrogens is 278 g/mol. The van der Waals surface area contributed by atoms with Gasteiger partial charge in [0.2, 0.25) is 0 Å². The highest BCUT2D eigenvalue weighted by Crippen LogP contribution is 2.23. The van der Waals surface area contributed by atoms with E-state index in [2.05, 4.69) is 26.4 Å². The number of rotatable bonds is 3. The Hall–Kier alpha value is -2.24. The molecule has 1 fully saturated rings. The standard InChI is InChI=1S/C16H21N5O/c1-3-15-17-6-8-21(15)13-5-4-7-20(11-13)16(22)14-10-18-12(2)9-19-14/h6,8-10,13H,3-5,7,11H2,1-2H3. The van der Waals surface area contributed by atoms with Gasteiger partial charge in [0.1, 0.15) is 11.5 Å². The second-order valence-electron chi connectivity index (χ2n) is 5.69. The second kappa shape index (κ2) is 6.25. The molecule has 0 saturated carbocycles. The Kier molecular flexibility index (Phi) is 4.18. The Morgan fingerprint density at radius 1 is 1.32 bits per heavy atom. The monoisotopic (exact) mass is 299 g/mol. The molecule has 1 aliphatic heterocycles. The third-order valence-electron chi connectivity index (χ3n) is 4.14. The smallest absolute Gasteiger partial charge is 0.274 e. The quantitative estimate of drug-likeness (QED) is 0.870.